The van der Waals surface area contributed by atoms with E-state index in [1.807, 2.05) is 30.3 Å². The second-order valence-electron chi connectivity index (χ2n) is 7.99. The lowest BCUT2D eigenvalue weighted by Crippen LogP contribution is -2.25. The first kappa shape index (κ1) is 25.4. The minimum atomic E-state index is -1.15. The molecule has 9 nitrogen and oxygen atoms in total. The number of amides is 1. The first-order valence-corrected chi connectivity index (χ1v) is 11.3. The van der Waals surface area contributed by atoms with Gasteiger partial charge in [-0.15, -0.1) is 0 Å². The fourth-order valence-corrected chi connectivity index (χ4v) is 3.78. The Morgan fingerprint density at radius 2 is 1.76 bits per heavy atom. The molecule has 0 atom stereocenters. The zero-order valence-corrected chi connectivity index (χ0v) is 20.2. The zero-order chi connectivity index (χ0) is 26.4. The molecule has 0 radical (unpaired) electrons. The molecule has 0 fully saturated rings. The number of aromatic nitrogens is 1. The predicted octanol–water partition coefficient (Wildman–Crippen LogP) is 3.71. The molecule has 4 rings (SSSR count). The summed E-state index contributed by atoms with van der Waals surface area (Å²) in [6.45, 7) is -0.216. The molecule has 1 aliphatic rings. The highest BCUT2D eigenvalue weighted by Gasteiger charge is 2.25. The standard InChI is InChI=1S/C27H24FN3O6/c1-35-21-11-17(12-22(36-2)27(21)37-15-25(33)34)10-19-18-8-9-23(28)31-26(18)20(30-19)13-24(32)29-14-16-6-4-3-5-7-16/h3-12H,13-15H2,1-2H3,(H,29,32)(H,33,34)/b19-10+. The van der Waals surface area contributed by atoms with Crippen LogP contribution in [0.2, 0.25) is 0 Å². The number of hydrogen-bond acceptors (Lipinski definition) is 7. The Hall–Kier alpha value is -4.73. The van der Waals surface area contributed by atoms with Crippen molar-refractivity contribution in [3.63, 3.8) is 0 Å². The summed E-state index contributed by atoms with van der Waals surface area (Å²) in [6.07, 6.45) is 1.63. The third-order valence-electron chi connectivity index (χ3n) is 5.45. The topological polar surface area (TPSA) is 119 Å². The van der Waals surface area contributed by atoms with Gasteiger partial charge in [-0.05, 0) is 41.5 Å². The van der Waals surface area contributed by atoms with Crippen LogP contribution in [0, 0.1) is 5.95 Å². The maximum absolute atomic E-state index is 14.0. The molecule has 2 heterocycles. The molecule has 0 bridgehead atoms. The molecule has 1 amide bonds. The largest absolute Gasteiger partial charge is 0.493 e. The molecule has 3 aromatic rings. The number of methoxy groups -OCH3 is 2. The van der Waals surface area contributed by atoms with Crippen LogP contribution >= 0.6 is 0 Å². The van der Waals surface area contributed by atoms with Gasteiger partial charge in [-0.1, -0.05) is 30.3 Å². The van der Waals surface area contributed by atoms with Crippen LogP contribution in [-0.2, 0) is 16.1 Å². The molecule has 1 aliphatic heterocycles. The van der Waals surface area contributed by atoms with Crippen molar-refractivity contribution in [2.45, 2.75) is 13.0 Å². The van der Waals surface area contributed by atoms with Crippen molar-refractivity contribution in [3.8, 4) is 17.2 Å². The van der Waals surface area contributed by atoms with Gasteiger partial charge >= 0.3 is 5.97 Å². The molecule has 10 heteroatoms. The molecule has 37 heavy (non-hydrogen) atoms. The van der Waals surface area contributed by atoms with Crippen LogP contribution in [-0.4, -0.2) is 48.5 Å². The Balaban J connectivity index is 1.63. The molecule has 0 aliphatic carbocycles. The Bertz CT molecular complexity index is 1360. The Labute approximate surface area is 212 Å². The summed E-state index contributed by atoms with van der Waals surface area (Å²) in [5.41, 5.74) is 3.22. The van der Waals surface area contributed by atoms with Crippen LogP contribution in [0.5, 0.6) is 17.2 Å². The highest BCUT2D eigenvalue weighted by molar-refractivity contribution is 6.17. The van der Waals surface area contributed by atoms with Crippen LogP contribution in [0.25, 0.3) is 11.8 Å². The number of nitrogens with one attached hydrogen (secondary N) is 1. The van der Waals surface area contributed by atoms with E-state index in [-0.39, 0.29) is 29.6 Å². The third-order valence-corrected chi connectivity index (χ3v) is 5.45. The molecule has 0 spiro atoms. The number of carboxylic acid groups (broad SMARTS) is 1. The van der Waals surface area contributed by atoms with E-state index in [9.17, 15) is 14.0 Å². The minimum Gasteiger partial charge on any atom is -0.493 e. The molecule has 0 unspecified atom stereocenters. The third kappa shape index (κ3) is 6.10. The maximum Gasteiger partial charge on any atom is 0.341 e. The lowest BCUT2D eigenvalue weighted by molar-refractivity contribution is -0.139. The number of fused-ring (bicyclic) bond motifs is 1. The van der Waals surface area contributed by atoms with Gasteiger partial charge in [0.2, 0.25) is 17.6 Å². The first-order valence-electron chi connectivity index (χ1n) is 11.3. The number of aliphatic imine (C=N–C) groups is 1. The van der Waals surface area contributed by atoms with E-state index in [1.165, 1.54) is 20.3 Å². The van der Waals surface area contributed by atoms with Gasteiger partial charge in [-0.3, -0.25) is 4.79 Å². The normalized spacial score (nSPS) is 13.1. The molecule has 0 saturated heterocycles. The molecule has 2 N–H and O–H groups in total. The van der Waals surface area contributed by atoms with Crippen molar-refractivity contribution in [1.29, 1.82) is 0 Å². The van der Waals surface area contributed by atoms with Gasteiger partial charge in [0.15, 0.2) is 18.1 Å². The van der Waals surface area contributed by atoms with Crippen molar-refractivity contribution < 1.29 is 33.3 Å². The van der Waals surface area contributed by atoms with Gasteiger partial charge in [-0.2, -0.15) is 4.39 Å². The van der Waals surface area contributed by atoms with Crippen molar-refractivity contribution in [1.82, 2.24) is 10.3 Å². The van der Waals surface area contributed by atoms with Crippen LogP contribution in [0.3, 0.4) is 0 Å². The molecule has 1 aromatic heterocycles. The second-order valence-corrected chi connectivity index (χ2v) is 7.99. The van der Waals surface area contributed by atoms with E-state index in [0.29, 0.717) is 34.8 Å². The number of rotatable bonds is 10. The average Bonchev–Trinajstić information content (AvgIpc) is 3.22. The van der Waals surface area contributed by atoms with Crippen LogP contribution in [0.1, 0.15) is 28.8 Å². The van der Waals surface area contributed by atoms with Crippen molar-refractivity contribution in [2.75, 3.05) is 20.8 Å². The van der Waals surface area contributed by atoms with E-state index in [1.54, 1.807) is 24.3 Å². The summed E-state index contributed by atoms with van der Waals surface area (Å²) in [5, 5.41) is 11.8. The van der Waals surface area contributed by atoms with E-state index in [4.69, 9.17) is 19.3 Å². The van der Waals surface area contributed by atoms with Crippen molar-refractivity contribution in [3.05, 3.63) is 82.9 Å². The first-order chi connectivity index (χ1) is 17.9. The zero-order valence-electron chi connectivity index (χ0n) is 20.2. The Kier molecular flexibility index (Phi) is 7.77. The second kappa shape index (κ2) is 11.3. The summed E-state index contributed by atoms with van der Waals surface area (Å²) >= 11 is 0. The highest BCUT2D eigenvalue weighted by atomic mass is 19.1. The van der Waals surface area contributed by atoms with E-state index in [2.05, 4.69) is 15.3 Å². The molecule has 0 saturated carbocycles. The quantitative estimate of drug-likeness (QED) is 0.403. The molecule has 190 valence electrons. The number of pyridine rings is 1. The fourth-order valence-electron chi connectivity index (χ4n) is 3.78. The Morgan fingerprint density at radius 3 is 2.41 bits per heavy atom. The number of benzene rings is 2. The van der Waals surface area contributed by atoms with Gasteiger partial charge in [0.05, 0.1) is 37.7 Å². The van der Waals surface area contributed by atoms with E-state index in [0.717, 1.165) is 5.56 Å². The lowest BCUT2D eigenvalue weighted by Gasteiger charge is -2.14. The van der Waals surface area contributed by atoms with Crippen LogP contribution in [0.15, 0.2) is 59.6 Å². The van der Waals surface area contributed by atoms with Gasteiger partial charge < -0.3 is 24.6 Å². The number of halogens is 1. The van der Waals surface area contributed by atoms with Crippen molar-refractivity contribution >= 4 is 29.4 Å². The lowest BCUT2D eigenvalue weighted by atomic mass is 10.1. The summed E-state index contributed by atoms with van der Waals surface area (Å²) in [5.74, 6) is -1.44. The number of carbonyl (C=O) groups is 2. The van der Waals surface area contributed by atoms with Gasteiger partial charge in [-0.25, -0.2) is 14.8 Å². The number of carbonyl (C=O) groups excluding carboxylic acids is 1. The SMILES string of the molecule is COc1cc(/C=C2/N=C(CC(=O)NCc3ccccc3)c3nc(F)ccc32)cc(OC)c1OCC(=O)O. The number of hydrogen-bond donors (Lipinski definition) is 2. The number of aliphatic carboxylic acids is 1. The Morgan fingerprint density at radius 1 is 1.05 bits per heavy atom. The summed E-state index contributed by atoms with van der Waals surface area (Å²) < 4.78 is 30.1. The smallest absolute Gasteiger partial charge is 0.341 e. The number of ether oxygens (including phenoxy) is 3. The molecular weight excluding hydrogens is 481 g/mol. The summed E-state index contributed by atoms with van der Waals surface area (Å²) in [7, 11) is 2.84. The maximum atomic E-state index is 14.0. The van der Waals surface area contributed by atoms with E-state index < -0.39 is 18.5 Å². The van der Waals surface area contributed by atoms with Gasteiger partial charge in [0.25, 0.3) is 0 Å². The fraction of sp³-hybridized carbons (Fsp3) is 0.185. The number of nitrogens with zero attached hydrogens (tertiary/aromatic N) is 2. The predicted molar refractivity (Wildman–Crippen MR) is 134 cm³/mol. The number of carboxylic acids is 1. The van der Waals surface area contributed by atoms with E-state index >= 15 is 0 Å². The van der Waals surface area contributed by atoms with Gasteiger partial charge in [0, 0.05) is 12.1 Å². The minimum absolute atomic E-state index is 0.0811. The molecule has 2 aromatic carbocycles. The average molecular weight is 506 g/mol. The van der Waals surface area contributed by atoms with Gasteiger partial charge in [0.1, 0.15) is 0 Å². The molecular formula is C27H24FN3O6. The van der Waals surface area contributed by atoms with Crippen LogP contribution in [0.4, 0.5) is 4.39 Å². The van der Waals surface area contributed by atoms with Crippen molar-refractivity contribution in [2.24, 2.45) is 4.99 Å². The highest BCUT2D eigenvalue weighted by Crippen LogP contribution is 2.40. The monoisotopic (exact) mass is 505 g/mol. The summed E-state index contributed by atoms with van der Waals surface area (Å²) in [6, 6.07) is 15.5. The summed E-state index contributed by atoms with van der Waals surface area (Å²) in [4.78, 5) is 32.1. The van der Waals surface area contributed by atoms with Crippen LogP contribution < -0.4 is 19.5 Å².